The maximum Gasteiger partial charge on any atom is 0.310 e. The fourth-order valence-corrected chi connectivity index (χ4v) is 2.34. The number of piperidine rings is 1. The molecule has 7 nitrogen and oxygen atoms in total. The zero-order chi connectivity index (χ0) is 14.7. The van der Waals surface area contributed by atoms with Crippen LogP contribution < -0.4 is 10.5 Å². The molecule has 1 aliphatic heterocycles. The van der Waals surface area contributed by atoms with E-state index in [-0.39, 0.29) is 23.4 Å². The Morgan fingerprint density at radius 3 is 2.90 bits per heavy atom. The third-order valence-corrected chi connectivity index (χ3v) is 3.37. The highest BCUT2D eigenvalue weighted by Gasteiger charge is 2.24. The SMILES string of the molecule is COc1cc(C(=O)N2CCC[C@@H](N)C2)ccc1[N+](=O)[O-]. The molecule has 1 atom stereocenters. The first kappa shape index (κ1) is 14.3. The summed E-state index contributed by atoms with van der Waals surface area (Å²) in [6.07, 6.45) is 1.78. The highest BCUT2D eigenvalue weighted by atomic mass is 16.6. The van der Waals surface area contributed by atoms with E-state index in [1.165, 1.54) is 25.3 Å². The summed E-state index contributed by atoms with van der Waals surface area (Å²) in [5, 5.41) is 10.8. The smallest absolute Gasteiger partial charge is 0.310 e. The van der Waals surface area contributed by atoms with Crippen LogP contribution in [0.3, 0.4) is 0 Å². The summed E-state index contributed by atoms with van der Waals surface area (Å²) in [5.74, 6) is -0.0875. The second kappa shape index (κ2) is 5.87. The van der Waals surface area contributed by atoms with E-state index in [0.29, 0.717) is 18.7 Å². The molecule has 20 heavy (non-hydrogen) atoms. The van der Waals surface area contributed by atoms with Crippen LogP contribution in [0.1, 0.15) is 23.2 Å². The van der Waals surface area contributed by atoms with E-state index >= 15 is 0 Å². The number of likely N-dealkylation sites (tertiary alicyclic amines) is 1. The Morgan fingerprint density at radius 2 is 2.30 bits per heavy atom. The number of carbonyl (C=O) groups is 1. The van der Waals surface area contributed by atoms with Gasteiger partial charge in [0.25, 0.3) is 5.91 Å². The summed E-state index contributed by atoms with van der Waals surface area (Å²) in [6.45, 7) is 1.17. The first-order chi connectivity index (χ1) is 9.52. The quantitative estimate of drug-likeness (QED) is 0.661. The summed E-state index contributed by atoms with van der Waals surface area (Å²) >= 11 is 0. The fourth-order valence-electron chi connectivity index (χ4n) is 2.34. The second-order valence-electron chi connectivity index (χ2n) is 4.80. The number of rotatable bonds is 3. The molecule has 2 rings (SSSR count). The van der Waals surface area contributed by atoms with Crippen LogP contribution in [0.2, 0.25) is 0 Å². The standard InChI is InChI=1S/C13H17N3O4/c1-20-12-7-9(4-5-11(12)16(18)19)13(17)15-6-2-3-10(14)8-15/h4-5,7,10H,2-3,6,8,14H2,1H3/t10-/m1/s1. The number of nitrogens with zero attached hydrogens (tertiary/aromatic N) is 2. The normalized spacial score (nSPS) is 18.7. The molecule has 1 amide bonds. The molecule has 7 heteroatoms. The molecule has 2 N–H and O–H groups in total. The Bertz CT molecular complexity index is 532. The lowest BCUT2D eigenvalue weighted by Crippen LogP contribution is -2.45. The van der Waals surface area contributed by atoms with Crippen molar-refractivity contribution in [2.45, 2.75) is 18.9 Å². The van der Waals surface area contributed by atoms with E-state index in [9.17, 15) is 14.9 Å². The summed E-state index contributed by atoms with van der Waals surface area (Å²) in [7, 11) is 1.34. The molecule has 0 unspecified atom stereocenters. The summed E-state index contributed by atoms with van der Waals surface area (Å²) in [5.41, 5.74) is 6.08. The molecular formula is C13H17N3O4. The van der Waals surface area contributed by atoms with Gasteiger partial charge in [-0.15, -0.1) is 0 Å². The number of hydrogen-bond acceptors (Lipinski definition) is 5. The number of nitro benzene ring substituents is 1. The molecule has 1 heterocycles. The minimum Gasteiger partial charge on any atom is -0.490 e. The molecule has 1 saturated heterocycles. The number of nitrogens with two attached hydrogens (primary N) is 1. The van der Waals surface area contributed by atoms with Crippen molar-refractivity contribution in [2.75, 3.05) is 20.2 Å². The van der Waals surface area contributed by atoms with E-state index in [2.05, 4.69) is 0 Å². The molecule has 1 aromatic rings. The molecule has 0 radical (unpaired) electrons. The van der Waals surface area contributed by atoms with Gasteiger partial charge in [0.05, 0.1) is 12.0 Å². The maximum atomic E-state index is 12.3. The predicted octanol–water partition coefficient (Wildman–Crippen LogP) is 1.17. The Hall–Kier alpha value is -2.15. The van der Waals surface area contributed by atoms with Gasteiger partial charge in [-0.1, -0.05) is 0 Å². The van der Waals surface area contributed by atoms with E-state index in [0.717, 1.165) is 12.8 Å². The van der Waals surface area contributed by atoms with Crippen molar-refractivity contribution in [3.8, 4) is 5.75 Å². The Morgan fingerprint density at radius 1 is 1.55 bits per heavy atom. The minimum atomic E-state index is -0.538. The van der Waals surface area contributed by atoms with Crippen LogP contribution in [0.25, 0.3) is 0 Å². The zero-order valence-corrected chi connectivity index (χ0v) is 11.2. The van der Waals surface area contributed by atoms with Crippen LogP contribution >= 0.6 is 0 Å². The van der Waals surface area contributed by atoms with Crippen LogP contribution in [0.4, 0.5) is 5.69 Å². The molecule has 0 bridgehead atoms. The Balaban J connectivity index is 2.24. The van der Waals surface area contributed by atoms with Gasteiger partial charge >= 0.3 is 5.69 Å². The number of hydrogen-bond donors (Lipinski definition) is 1. The number of ether oxygens (including phenoxy) is 1. The number of benzene rings is 1. The van der Waals surface area contributed by atoms with Crippen molar-refractivity contribution in [1.82, 2.24) is 4.90 Å². The average molecular weight is 279 g/mol. The van der Waals surface area contributed by atoms with Gasteiger partial charge in [0, 0.05) is 36.8 Å². The van der Waals surface area contributed by atoms with Crippen LogP contribution in [0.5, 0.6) is 5.75 Å². The molecule has 0 saturated carbocycles. The lowest BCUT2D eigenvalue weighted by atomic mass is 10.0. The monoisotopic (exact) mass is 279 g/mol. The van der Waals surface area contributed by atoms with Gasteiger partial charge in [-0.05, 0) is 18.9 Å². The molecule has 1 aliphatic rings. The van der Waals surface area contributed by atoms with Crippen molar-refractivity contribution in [1.29, 1.82) is 0 Å². The van der Waals surface area contributed by atoms with Crippen LogP contribution in [-0.4, -0.2) is 42.0 Å². The molecule has 1 fully saturated rings. The van der Waals surface area contributed by atoms with Crippen molar-refractivity contribution in [3.05, 3.63) is 33.9 Å². The molecule has 0 aromatic heterocycles. The lowest BCUT2D eigenvalue weighted by molar-refractivity contribution is -0.385. The van der Waals surface area contributed by atoms with Gasteiger partial charge in [-0.2, -0.15) is 0 Å². The topological polar surface area (TPSA) is 98.7 Å². The van der Waals surface area contributed by atoms with Gasteiger partial charge in [0.2, 0.25) is 0 Å². The first-order valence-corrected chi connectivity index (χ1v) is 6.40. The zero-order valence-electron chi connectivity index (χ0n) is 11.2. The summed E-state index contributed by atoms with van der Waals surface area (Å²) in [4.78, 5) is 24.3. The van der Waals surface area contributed by atoms with Crippen molar-refractivity contribution in [2.24, 2.45) is 5.73 Å². The highest BCUT2D eigenvalue weighted by molar-refractivity contribution is 5.95. The van der Waals surface area contributed by atoms with Crippen molar-refractivity contribution in [3.63, 3.8) is 0 Å². The van der Waals surface area contributed by atoms with Crippen LogP contribution in [0.15, 0.2) is 18.2 Å². The molecular weight excluding hydrogens is 262 g/mol. The number of methoxy groups -OCH3 is 1. The maximum absolute atomic E-state index is 12.3. The third-order valence-electron chi connectivity index (χ3n) is 3.37. The molecule has 1 aromatic carbocycles. The third kappa shape index (κ3) is 2.88. The van der Waals surface area contributed by atoms with E-state index in [4.69, 9.17) is 10.5 Å². The van der Waals surface area contributed by atoms with E-state index < -0.39 is 4.92 Å². The van der Waals surface area contributed by atoms with Crippen LogP contribution in [0, 0.1) is 10.1 Å². The second-order valence-corrected chi connectivity index (χ2v) is 4.80. The average Bonchev–Trinajstić information content (AvgIpc) is 2.45. The van der Waals surface area contributed by atoms with Crippen LogP contribution in [-0.2, 0) is 0 Å². The number of nitro groups is 1. The lowest BCUT2D eigenvalue weighted by Gasteiger charge is -2.30. The van der Waals surface area contributed by atoms with Gasteiger partial charge in [-0.3, -0.25) is 14.9 Å². The predicted molar refractivity (Wildman–Crippen MR) is 72.8 cm³/mol. The summed E-state index contributed by atoms with van der Waals surface area (Å²) in [6, 6.07) is 4.13. The van der Waals surface area contributed by atoms with Crippen molar-refractivity contribution >= 4 is 11.6 Å². The molecule has 0 aliphatic carbocycles. The number of carbonyl (C=O) groups excluding carboxylic acids is 1. The fraction of sp³-hybridized carbons (Fsp3) is 0.462. The van der Waals surface area contributed by atoms with Gasteiger partial charge < -0.3 is 15.4 Å². The molecule has 108 valence electrons. The van der Waals surface area contributed by atoms with Gasteiger partial charge in [-0.25, -0.2) is 0 Å². The Kier molecular flexibility index (Phi) is 4.19. The number of amides is 1. The van der Waals surface area contributed by atoms with Gasteiger partial charge in [0.15, 0.2) is 5.75 Å². The first-order valence-electron chi connectivity index (χ1n) is 6.40. The van der Waals surface area contributed by atoms with Crippen molar-refractivity contribution < 1.29 is 14.5 Å². The summed E-state index contributed by atoms with van der Waals surface area (Å²) < 4.78 is 4.97. The largest absolute Gasteiger partial charge is 0.490 e. The van der Waals surface area contributed by atoms with E-state index in [1.807, 2.05) is 0 Å². The van der Waals surface area contributed by atoms with E-state index in [1.54, 1.807) is 4.90 Å². The molecule has 0 spiro atoms. The highest BCUT2D eigenvalue weighted by Crippen LogP contribution is 2.28. The minimum absolute atomic E-state index is 0.00681. The Labute approximate surface area is 116 Å². The van der Waals surface area contributed by atoms with Gasteiger partial charge in [0.1, 0.15) is 0 Å².